The van der Waals surface area contributed by atoms with Crippen LogP contribution in [0.2, 0.25) is 0 Å². The van der Waals surface area contributed by atoms with E-state index in [-0.39, 0.29) is 37.1 Å². The molecule has 2 spiro atoms. The first kappa shape index (κ1) is 27.0. The van der Waals surface area contributed by atoms with Gasteiger partial charge in [0.05, 0.1) is 42.5 Å². The molecule has 2 saturated carbocycles. The molecule has 40 heavy (non-hydrogen) atoms. The smallest absolute Gasteiger partial charge is 0.338 e. The molecule has 0 aromatic carbocycles. The number of carbonyl (C=O) groups excluding carboxylic acids is 2. The van der Waals surface area contributed by atoms with Crippen LogP contribution in [0.25, 0.3) is 0 Å². The van der Waals surface area contributed by atoms with Crippen molar-refractivity contribution < 1.29 is 53.0 Å². The molecule has 13 atom stereocenters. The van der Waals surface area contributed by atoms with E-state index in [1.54, 1.807) is 26.0 Å². The fraction of sp³-hybridized carbons (Fsp3) is 0.793. The summed E-state index contributed by atoms with van der Waals surface area (Å²) < 4.78 is 42.6. The van der Waals surface area contributed by atoms with E-state index < -0.39 is 64.5 Å². The van der Waals surface area contributed by atoms with Gasteiger partial charge in [-0.3, -0.25) is 0 Å². The summed E-state index contributed by atoms with van der Waals surface area (Å²) in [6.07, 6.45) is 2.83. The molecule has 0 unspecified atom stereocenters. The van der Waals surface area contributed by atoms with Crippen molar-refractivity contribution in [3.05, 3.63) is 24.3 Å². The highest BCUT2D eigenvalue weighted by Crippen LogP contribution is 2.75. The largest absolute Gasteiger partial charge is 0.463 e. The van der Waals surface area contributed by atoms with Crippen molar-refractivity contribution in [2.75, 3.05) is 19.8 Å². The lowest BCUT2D eigenvalue weighted by Gasteiger charge is -2.58. The lowest BCUT2D eigenvalue weighted by molar-refractivity contribution is -0.251. The number of hydrogen-bond donors (Lipinski definition) is 2. The van der Waals surface area contributed by atoms with E-state index in [4.69, 9.17) is 33.2 Å². The number of epoxide rings is 3. The highest BCUT2D eigenvalue weighted by molar-refractivity contribution is 5.82. The van der Waals surface area contributed by atoms with Gasteiger partial charge in [-0.25, -0.2) is 9.59 Å². The van der Waals surface area contributed by atoms with Gasteiger partial charge in [-0.1, -0.05) is 25.2 Å². The molecule has 11 nitrogen and oxygen atoms in total. The summed E-state index contributed by atoms with van der Waals surface area (Å²) in [4.78, 5) is 26.4. The molecule has 2 bridgehead atoms. The maximum atomic E-state index is 13.4. The molecule has 0 aromatic rings. The number of aliphatic hydroxyl groups is 2. The van der Waals surface area contributed by atoms with Gasteiger partial charge >= 0.3 is 11.9 Å². The number of carbonyl (C=O) groups is 2. The van der Waals surface area contributed by atoms with Crippen molar-refractivity contribution >= 4 is 11.9 Å². The molecule has 2 aliphatic carbocycles. The summed E-state index contributed by atoms with van der Waals surface area (Å²) >= 11 is 0. The SMILES string of the molecule is C[C@H](O)[C@@H]1/C=C/C=C\C(=O)O[C@@H]2C[C@H]3O[C@H]4[C@H]5O[C@]5(C)CC[C@@]4(COC(=O)[C@H]4O[C@@]4(C)[C@H](O)CO1)[C@@]2(C)[C@@]31CO1. The van der Waals surface area contributed by atoms with E-state index in [0.29, 0.717) is 19.4 Å². The summed E-state index contributed by atoms with van der Waals surface area (Å²) in [5.41, 5.74) is -3.54. The van der Waals surface area contributed by atoms with E-state index in [2.05, 4.69) is 13.8 Å². The Labute approximate surface area is 232 Å². The Hall–Kier alpha value is -1.86. The van der Waals surface area contributed by atoms with Crippen LogP contribution >= 0.6 is 0 Å². The lowest BCUT2D eigenvalue weighted by atomic mass is 9.50. The molecule has 6 fully saturated rings. The van der Waals surface area contributed by atoms with Crippen molar-refractivity contribution in [3.8, 4) is 0 Å². The molecule has 4 saturated heterocycles. The third-order valence-corrected chi connectivity index (χ3v) is 11.1. The van der Waals surface area contributed by atoms with Crippen molar-refractivity contribution in [1.29, 1.82) is 0 Å². The Balaban J connectivity index is 1.25. The second-order valence-electron chi connectivity index (χ2n) is 13.2. The highest BCUT2D eigenvalue weighted by atomic mass is 16.7. The van der Waals surface area contributed by atoms with Crippen molar-refractivity contribution in [2.24, 2.45) is 10.8 Å². The van der Waals surface area contributed by atoms with Crippen molar-refractivity contribution in [2.45, 2.75) is 113 Å². The van der Waals surface area contributed by atoms with Gasteiger partial charge < -0.3 is 43.4 Å². The zero-order valence-electron chi connectivity index (χ0n) is 23.2. The Morgan fingerprint density at radius 1 is 1.02 bits per heavy atom. The number of cyclic esters (lactones) is 1. The molecule has 7 rings (SSSR count). The van der Waals surface area contributed by atoms with Crippen LogP contribution in [0.3, 0.4) is 0 Å². The molecule has 11 heteroatoms. The molecular weight excluding hydrogens is 524 g/mol. The number of allylic oxidation sites excluding steroid dienone is 2. The second kappa shape index (κ2) is 8.59. The Morgan fingerprint density at radius 2 is 1.80 bits per heavy atom. The molecule has 220 valence electrons. The summed E-state index contributed by atoms with van der Waals surface area (Å²) in [7, 11) is 0. The van der Waals surface area contributed by atoms with Gasteiger partial charge in [0, 0.05) is 17.9 Å². The zero-order valence-corrected chi connectivity index (χ0v) is 23.2. The van der Waals surface area contributed by atoms with Gasteiger partial charge in [0.1, 0.15) is 42.2 Å². The van der Waals surface area contributed by atoms with E-state index in [0.717, 1.165) is 6.42 Å². The predicted molar refractivity (Wildman–Crippen MR) is 135 cm³/mol. The molecule has 7 aliphatic rings. The average molecular weight is 563 g/mol. The fourth-order valence-corrected chi connectivity index (χ4v) is 8.09. The van der Waals surface area contributed by atoms with E-state index >= 15 is 0 Å². The fourth-order valence-electron chi connectivity index (χ4n) is 8.09. The van der Waals surface area contributed by atoms with Crippen molar-refractivity contribution in [1.82, 2.24) is 0 Å². The average Bonchev–Trinajstić information content (AvgIpc) is 3.81. The zero-order chi connectivity index (χ0) is 28.3. The summed E-state index contributed by atoms with van der Waals surface area (Å²) in [5, 5.41) is 20.9. The van der Waals surface area contributed by atoms with Crippen LogP contribution < -0.4 is 0 Å². The van der Waals surface area contributed by atoms with Crippen LogP contribution in [-0.2, 0) is 42.7 Å². The van der Waals surface area contributed by atoms with Crippen LogP contribution in [0.15, 0.2) is 24.3 Å². The Bertz CT molecular complexity index is 1160. The number of fused-ring (bicyclic) bond motifs is 3. The van der Waals surface area contributed by atoms with Crippen LogP contribution in [-0.4, -0.2) is 108 Å². The van der Waals surface area contributed by atoms with Crippen molar-refractivity contribution in [3.63, 3.8) is 0 Å². The Kier molecular flexibility index (Phi) is 5.80. The molecule has 5 heterocycles. The highest BCUT2D eigenvalue weighted by Gasteiger charge is 2.86. The van der Waals surface area contributed by atoms with Gasteiger partial charge in [-0.2, -0.15) is 0 Å². The number of esters is 2. The topological polar surface area (TPSA) is 149 Å². The first-order valence-electron chi connectivity index (χ1n) is 14.3. The maximum Gasteiger partial charge on any atom is 0.338 e. The number of rotatable bonds is 1. The first-order chi connectivity index (χ1) is 18.9. The van der Waals surface area contributed by atoms with Crippen LogP contribution in [0.1, 0.15) is 47.0 Å². The minimum atomic E-state index is -1.18. The monoisotopic (exact) mass is 562 g/mol. The molecular formula is C29H38O11. The van der Waals surface area contributed by atoms with Crippen LogP contribution in [0.5, 0.6) is 0 Å². The Morgan fingerprint density at radius 3 is 2.52 bits per heavy atom. The predicted octanol–water partition coefficient (Wildman–Crippen LogP) is 0.736. The maximum absolute atomic E-state index is 13.4. The number of aliphatic hydroxyl groups excluding tert-OH is 2. The third kappa shape index (κ3) is 3.55. The minimum Gasteiger partial charge on any atom is -0.463 e. The van der Waals surface area contributed by atoms with Gasteiger partial charge in [0.15, 0.2) is 6.10 Å². The first-order valence-corrected chi connectivity index (χ1v) is 14.3. The van der Waals surface area contributed by atoms with Crippen LogP contribution in [0.4, 0.5) is 0 Å². The third-order valence-electron chi connectivity index (χ3n) is 11.1. The lowest BCUT2D eigenvalue weighted by Crippen LogP contribution is -2.69. The summed E-state index contributed by atoms with van der Waals surface area (Å²) in [6.45, 7) is 7.67. The molecule has 0 aromatic heterocycles. The summed E-state index contributed by atoms with van der Waals surface area (Å²) in [6, 6.07) is 0. The van der Waals surface area contributed by atoms with Gasteiger partial charge in [-0.05, 0) is 33.6 Å². The van der Waals surface area contributed by atoms with Crippen LogP contribution in [0, 0.1) is 10.8 Å². The van der Waals surface area contributed by atoms with Gasteiger partial charge in [0.25, 0.3) is 0 Å². The van der Waals surface area contributed by atoms with E-state index in [9.17, 15) is 19.8 Å². The molecule has 0 amide bonds. The quantitative estimate of drug-likeness (QED) is 0.344. The van der Waals surface area contributed by atoms with E-state index in [1.165, 1.54) is 12.2 Å². The second-order valence-corrected chi connectivity index (χ2v) is 13.2. The standard InChI is InChI=1S/C29H38O11/c1-15(30)16-7-5-6-8-20(32)37-18-11-19-29(14-36-29)27(18,4)28(10-9-25(2)21(39-25)22(28)38-19)13-35-24(33)23-26(3,40-23)17(31)12-34-16/h5-8,15-19,21-23,30-31H,9-14H2,1-4H3/b7-5+,8-6-/t15-,16-,17+,18+,19+,21+,22-,23+,25+,26-,27-,28-,29+/m0/s1. The molecule has 0 radical (unpaired) electrons. The number of hydrogen-bond acceptors (Lipinski definition) is 11. The minimum absolute atomic E-state index is 0.0139. The van der Waals surface area contributed by atoms with Gasteiger partial charge in [-0.15, -0.1) is 0 Å². The summed E-state index contributed by atoms with van der Waals surface area (Å²) in [5.74, 6) is -1.10. The van der Waals surface area contributed by atoms with Gasteiger partial charge in [0.2, 0.25) is 0 Å². The normalized spacial score (nSPS) is 57.2. The molecule has 2 N–H and O–H groups in total. The molecule has 5 aliphatic heterocycles. The number of ether oxygens (including phenoxy) is 7. The van der Waals surface area contributed by atoms with E-state index in [1.807, 2.05) is 0 Å².